The van der Waals surface area contributed by atoms with Crippen molar-refractivity contribution >= 4 is 5.78 Å². The summed E-state index contributed by atoms with van der Waals surface area (Å²) in [5, 5.41) is 9.65. The molecule has 0 aliphatic heterocycles. The second kappa shape index (κ2) is 4.69. The lowest BCUT2D eigenvalue weighted by atomic mass is 9.81. The molecule has 0 aliphatic rings. The molecule has 0 saturated heterocycles. The molecule has 0 fully saturated rings. The number of ketones is 1. The van der Waals surface area contributed by atoms with E-state index in [0.717, 1.165) is 12.0 Å². The summed E-state index contributed by atoms with van der Waals surface area (Å²) in [5.41, 5.74) is 1.59. The Balaban J connectivity index is 3.22. The molecule has 0 amide bonds. The molecule has 16 heavy (non-hydrogen) atoms. The van der Waals surface area contributed by atoms with E-state index >= 15 is 0 Å². The standard InChI is InChI=1S/C14H20O2/c1-5-12(15)11-9-10(7-8-13(11)16)14(3,4)6-2/h7-9,16H,5-6H2,1-4H3. The molecule has 2 heteroatoms. The van der Waals surface area contributed by atoms with E-state index in [4.69, 9.17) is 0 Å². The fourth-order valence-electron chi connectivity index (χ4n) is 1.57. The first kappa shape index (κ1) is 12.8. The van der Waals surface area contributed by atoms with Crippen LogP contribution in [0.15, 0.2) is 18.2 Å². The third-order valence-electron chi connectivity index (χ3n) is 3.28. The van der Waals surface area contributed by atoms with Crippen molar-refractivity contribution < 1.29 is 9.90 Å². The van der Waals surface area contributed by atoms with Gasteiger partial charge < -0.3 is 5.11 Å². The summed E-state index contributed by atoms with van der Waals surface area (Å²) in [7, 11) is 0. The number of carbonyl (C=O) groups is 1. The number of hydrogen-bond donors (Lipinski definition) is 1. The zero-order chi connectivity index (χ0) is 12.3. The minimum Gasteiger partial charge on any atom is -0.507 e. The Labute approximate surface area is 97.3 Å². The Hall–Kier alpha value is -1.31. The lowest BCUT2D eigenvalue weighted by Gasteiger charge is -2.24. The maximum Gasteiger partial charge on any atom is 0.166 e. The molecule has 0 aliphatic carbocycles. The van der Waals surface area contributed by atoms with Gasteiger partial charge in [0.1, 0.15) is 5.75 Å². The number of phenolic OH excluding ortho intramolecular Hbond substituents is 1. The van der Waals surface area contributed by atoms with Crippen molar-refractivity contribution in [2.45, 2.75) is 46.0 Å². The van der Waals surface area contributed by atoms with Crippen LogP contribution in [0.3, 0.4) is 0 Å². The Morgan fingerprint density at radius 2 is 1.94 bits per heavy atom. The Kier molecular flexibility index (Phi) is 3.74. The SMILES string of the molecule is CCC(=O)c1cc(C(C)(C)CC)ccc1O. The van der Waals surface area contributed by atoms with E-state index in [-0.39, 0.29) is 16.9 Å². The monoisotopic (exact) mass is 220 g/mol. The highest BCUT2D eigenvalue weighted by Gasteiger charge is 2.20. The van der Waals surface area contributed by atoms with Crippen molar-refractivity contribution in [3.8, 4) is 5.75 Å². The number of rotatable bonds is 4. The van der Waals surface area contributed by atoms with Crippen molar-refractivity contribution in [3.63, 3.8) is 0 Å². The van der Waals surface area contributed by atoms with Crippen molar-refractivity contribution in [2.75, 3.05) is 0 Å². The lowest BCUT2D eigenvalue weighted by Crippen LogP contribution is -2.16. The molecule has 0 atom stereocenters. The van der Waals surface area contributed by atoms with E-state index in [0.29, 0.717) is 12.0 Å². The molecule has 1 rings (SSSR count). The highest BCUT2D eigenvalue weighted by atomic mass is 16.3. The average Bonchev–Trinajstić information content (AvgIpc) is 2.28. The Bertz CT molecular complexity index is 392. The molecule has 0 saturated carbocycles. The first-order valence-corrected chi connectivity index (χ1v) is 5.79. The van der Waals surface area contributed by atoms with E-state index in [1.807, 2.05) is 12.1 Å². The van der Waals surface area contributed by atoms with Gasteiger partial charge in [-0.05, 0) is 29.5 Å². The molecule has 0 aromatic heterocycles. The molecule has 1 N–H and O–H groups in total. The number of Topliss-reactive ketones (excluding diaryl/α,β-unsaturated/α-hetero) is 1. The number of phenols is 1. The fourth-order valence-corrected chi connectivity index (χ4v) is 1.57. The number of carbonyl (C=O) groups excluding carboxylic acids is 1. The van der Waals surface area contributed by atoms with E-state index in [9.17, 15) is 9.90 Å². The van der Waals surface area contributed by atoms with Gasteiger partial charge in [0.15, 0.2) is 5.78 Å². The minimum absolute atomic E-state index is 0.00810. The zero-order valence-electron chi connectivity index (χ0n) is 10.5. The van der Waals surface area contributed by atoms with Crippen molar-refractivity contribution in [1.29, 1.82) is 0 Å². The predicted molar refractivity (Wildman–Crippen MR) is 66.0 cm³/mol. The second-order valence-corrected chi connectivity index (χ2v) is 4.75. The van der Waals surface area contributed by atoms with Gasteiger partial charge in [0.05, 0.1) is 5.56 Å². The van der Waals surface area contributed by atoms with Gasteiger partial charge in [-0.15, -0.1) is 0 Å². The largest absolute Gasteiger partial charge is 0.507 e. The van der Waals surface area contributed by atoms with Crippen LogP contribution >= 0.6 is 0 Å². The van der Waals surface area contributed by atoms with E-state index in [2.05, 4.69) is 20.8 Å². The third-order valence-corrected chi connectivity index (χ3v) is 3.28. The van der Waals surface area contributed by atoms with Crippen LogP contribution in [-0.2, 0) is 5.41 Å². The normalized spacial score (nSPS) is 11.5. The quantitative estimate of drug-likeness (QED) is 0.786. The van der Waals surface area contributed by atoms with Gasteiger partial charge >= 0.3 is 0 Å². The summed E-state index contributed by atoms with van der Waals surface area (Å²) in [6.45, 7) is 8.20. The third kappa shape index (κ3) is 2.43. The average molecular weight is 220 g/mol. The minimum atomic E-state index is -0.00810. The van der Waals surface area contributed by atoms with Crippen molar-refractivity contribution in [1.82, 2.24) is 0 Å². The number of aromatic hydroxyl groups is 1. The van der Waals surface area contributed by atoms with E-state index < -0.39 is 0 Å². The Morgan fingerprint density at radius 1 is 1.31 bits per heavy atom. The molecule has 0 bridgehead atoms. The summed E-state index contributed by atoms with van der Waals surface area (Å²) in [6, 6.07) is 5.34. The van der Waals surface area contributed by atoms with E-state index in [1.165, 1.54) is 0 Å². The Morgan fingerprint density at radius 3 is 2.44 bits per heavy atom. The van der Waals surface area contributed by atoms with Crippen LogP contribution < -0.4 is 0 Å². The summed E-state index contributed by atoms with van der Waals surface area (Å²) in [6.07, 6.45) is 1.42. The molecule has 1 aromatic carbocycles. The van der Waals surface area contributed by atoms with Crippen LogP contribution in [0.2, 0.25) is 0 Å². The summed E-state index contributed by atoms with van der Waals surface area (Å²) < 4.78 is 0. The van der Waals surface area contributed by atoms with Gasteiger partial charge in [0.2, 0.25) is 0 Å². The van der Waals surface area contributed by atoms with Gasteiger partial charge in [-0.2, -0.15) is 0 Å². The van der Waals surface area contributed by atoms with Gasteiger partial charge in [0, 0.05) is 6.42 Å². The molecular formula is C14H20O2. The van der Waals surface area contributed by atoms with Gasteiger partial charge in [-0.25, -0.2) is 0 Å². The van der Waals surface area contributed by atoms with Crippen LogP contribution in [0.1, 0.15) is 56.5 Å². The molecule has 0 unspecified atom stereocenters. The summed E-state index contributed by atoms with van der Waals surface area (Å²) in [4.78, 5) is 11.6. The van der Waals surface area contributed by atoms with Gasteiger partial charge in [-0.1, -0.05) is 33.8 Å². The first-order chi connectivity index (χ1) is 7.42. The highest BCUT2D eigenvalue weighted by molar-refractivity contribution is 5.98. The topological polar surface area (TPSA) is 37.3 Å². The highest BCUT2D eigenvalue weighted by Crippen LogP contribution is 2.30. The molecular weight excluding hydrogens is 200 g/mol. The molecule has 0 spiro atoms. The summed E-state index contributed by atoms with van der Waals surface area (Å²) in [5.74, 6) is 0.0776. The fraction of sp³-hybridized carbons (Fsp3) is 0.500. The number of hydrogen-bond acceptors (Lipinski definition) is 2. The van der Waals surface area contributed by atoms with Crippen LogP contribution in [0.4, 0.5) is 0 Å². The first-order valence-electron chi connectivity index (χ1n) is 5.79. The second-order valence-electron chi connectivity index (χ2n) is 4.75. The van der Waals surface area contributed by atoms with E-state index in [1.54, 1.807) is 13.0 Å². The van der Waals surface area contributed by atoms with Gasteiger partial charge in [-0.3, -0.25) is 4.79 Å². The molecule has 2 nitrogen and oxygen atoms in total. The molecule has 88 valence electrons. The molecule has 0 heterocycles. The lowest BCUT2D eigenvalue weighted by molar-refractivity contribution is 0.0985. The molecule has 0 radical (unpaired) electrons. The van der Waals surface area contributed by atoms with Crippen LogP contribution in [0.5, 0.6) is 5.75 Å². The summed E-state index contributed by atoms with van der Waals surface area (Å²) >= 11 is 0. The maximum absolute atomic E-state index is 11.6. The zero-order valence-corrected chi connectivity index (χ0v) is 10.5. The van der Waals surface area contributed by atoms with Crippen LogP contribution in [0, 0.1) is 0 Å². The van der Waals surface area contributed by atoms with Gasteiger partial charge in [0.25, 0.3) is 0 Å². The van der Waals surface area contributed by atoms with Crippen molar-refractivity contribution in [3.05, 3.63) is 29.3 Å². The van der Waals surface area contributed by atoms with Crippen molar-refractivity contribution in [2.24, 2.45) is 0 Å². The maximum atomic E-state index is 11.6. The number of benzene rings is 1. The van der Waals surface area contributed by atoms with Crippen LogP contribution in [0.25, 0.3) is 0 Å². The smallest absolute Gasteiger partial charge is 0.166 e. The van der Waals surface area contributed by atoms with Crippen LogP contribution in [-0.4, -0.2) is 10.9 Å². The predicted octanol–water partition coefficient (Wildman–Crippen LogP) is 3.67. The molecule has 1 aromatic rings.